The van der Waals surface area contributed by atoms with E-state index < -0.39 is 0 Å². The van der Waals surface area contributed by atoms with E-state index in [2.05, 4.69) is 20.8 Å². The third-order valence-electron chi connectivity index (χ3n) is 2.59. The molecule has 1 heterocycles. The Kier molecular flexibility index (Phi) is 5.16. The topological polar surface area (TPSA) is 76.1 Å². The molecule has 0 aliphatic carbocycles. The van der Waals surface area contributed by atoms with Crippen molar-refractivity contribution in [2.24, 2.45) is 0 Å². The second-order valence-corrected chi connectivity index (χ2v) is 4.19. The first-order valence-electron chi connectivity index (χ1n) is 6.32. The molecule has 0 fully saturated rings. The van der Waals surface area contributed by atoms with Gasteiger partial charge in [0.15, 0.2) is 11.5 Å². The Morgan fingerprint density at radius 2 is 2.14 bits per heavy atom. The highest BCUT2D eigenvalue weighted by molar-refractivity contribution is 5.92. The van der Waals surface area contributed by atoms with E-state index in [0.29, 0.717) is 24.7 Å². The third kappa shape index (κ3) is 4.50. The van der Waals surface area contributed by atoms with Gasteiger partial charge in [-0.05, 0) is 30.3 Å². The number of hydrogen-bond donors (Lipinski definition) is 2. The summed E-state index contributed by atoms with van der Waals surface area (Å²) in [4.78, 5) is 11.7. The molecule has 1 aromatic carbocycles. The minimum Gasteiger partial charge on any atom is -0.383 e. The predicted molar refractivity (Wildman–Crippen MR) is 75.9 cm³/mol. The number of anilines is 2. The molecule has 2 rings (SSSR count). The summed E-state index contributed by atoms with van der Waals surface area (Å²) in [6.07, 6.45) is 0. The molecule has 0 bridgehead atoms. The molecule has 0 atom stereocenters. The molecule has 1 amide bonds. The van der Waals surface area contributed by atoms with E-state index in [-0.39, 0.29) is 17.4 Å². The minimum absolute atomic E-state index is 0.205. The van der Waals surface area contributed by atoms with Crippen LogP contribution in [0.25, 0.3) is 0 Å². The highest BCUT2D eigenvalue weighted by Crippen LogP contribution is 2.14. The Morgan fingerprint density at radius 1 is 1.29 bits per heavy atom. The molecule has 2 aromatic rings. The first-order valence-corrected chi connectivity index (χ1v) is 6.32. The molecule has 0 aliphatic rings. The molecular weight excluding hydrogens is 275 g/mol. The van der Waals surface area contributed by atoms with E-state index >= 15 is 0 Å². The number of ether oxygens (including phenoxy) is 1. The quantitative estimate of drug-likeness (QED) is 0.792. The zero-order valence-electron chi connectivity index (χ0n) is 11.5. The van der Waals surface area contributed by atoms with Crippen molar-refractivity contribution < 1.29 is 13.9 Å². The van der Waals surface area contributed by atoms with Gasteiger partial charge in [-0.1, -0.05) is 6.07 Å². The number of carbonyl (C=O) groups is 1. The Morgan fingerprint density at radius 3 is 2.81 bits per heavy atom. The zero-order valence-corrected chi connectivity index (χ0v) is 11.5. The lowest BCUT2D eigenvalue weighted by molar-refractivity contribution is 0.0931. The van der Waals surface area contributed by atoms with Crippen molar-refractivity contribution in [1.29, 1.82) is 0 Å². The fourth-order valence-corrected chi connectivity index (χ4v) is 1.59. The summed E-state index contributed by atoms with van der Waals surface area (Å²) < 4.78 is 17.9. The van der Waals surface area contributed by atoms with Crippen LogP contribution in [0.5, 0.6) is 0 Å². The Bertz CT molecular complexity index is 604. The minimum atomic E-state index is -0.345. The van der Waals surface area contributed by atoms with Crippen LogP contribution in [0.15, 0.2) is 36.4 Å². The van der Waals surface area contributed by atoms with Crippen molar-refractivity contribution in [1.82, 2.24) is 15.5 Å². The number of amides is 1. The second-order valence-electron chi connectivity index (χ2n) is 4.19. The van der Waals surface area contributed by atoms with E-state index in [1.165, 1.54) is 18.2 Å². The standard InChI is InChI=1S/C14H15FN4O2/c1-21-8-7-16-14(20)12-5-6-13(19-18-12)17-11-4-2-3-10(15)9-11/h2-6,9H,7-8H2,1H3,(H,16,20)(H,17,19). The summed E-state index contributed by atoms with van der Waals surface area (Å²) in [5.74, 6) is -0.243. The second kappa shape index (κ2) is 7.30. The molecule has 2 N–H and O–H groups in total. The van der Waals surface area contributed by atoms with Crippen LogP contribution in [0.2, 0.25) is 0 Å². The van der Waals surface area contributed by atoms with Gasteiger partial charge < -0.3 is 15.4 Å². The maximum Gasteiger partial charge on any atom is 0.271 e. The van der Waals surface area contributed by atoms with Gasteiger partial charge in [0.1, 0.15) is 5.82 Å². The lowest BCUT2D eigenvalue weighted by Crippen LogP contribution is -2.27. The van der Waals surface area contributed by atoms with Crippen LogP contribution < -0.4 is 10.6 Å². The summed E-state index contributed by atoms with van der Waals surface area (Å²) in [6, 6.07) is 9.12. The number of rotatable bonds is 6. The van der Waals surface area contributed by atoms with Gasteiger partial charge in [-0.3, -0.25) is 4.79 Å². The van der Waals surface area contributed by atoms with Gasteiger partial charge in [0.25, 0.3) is 5.91 Å². The summed E-state index contributed by atoms with van der Waals surface area (Å²) in [6.45, 7) is 0.832. The monoisotopic (exact) mass is 290 g/mol. The SMILES string of the molecule is COCCNC(=O)c1ccc(Nc2cccc(F)c2)nn1. The van der Waals surface area contributed by atoms with Gasteiger partial charge in [0, 0.05) is 19.3 Å². The Labute approximate surface area is 121 Å². The number of aromatic nitrogens is 2. The maximum absolute atomic E-state index is 13.0. The molecular formula is C14H15FN4O2. The molecule has 0 saturated carbocycles. The van der Waals surface area contributed by atoms with E-state index in [1.54, 1.807) is 25.3 Å². The first-order chi connectivity index (χ1) is 10.2. The van der Waals surface area contributed by atoms with Crippen LogP contribution in [0, 0.1) is 5.82 Å². The van der Waals surface area contributed by atoms with Crippen molar-refractivity contribution in [3.8, 4) is 0 Å². The molecule has 0 radical (unpaired) electrons. The average molecular weight is 290 g/mol. The lowest BCUT2D eigenvalue weighted by Gasteiger charge is -2.06. The molecule has 110 valence electrons. The van der Waals surface area contributed by atoms with Gasteiger partial charge in [0.2, 0.25) is 0 Å². The average Bonchev–Trinajstić information content (AvgIpc) is 2.48. The normalized spacial score (nSPS) is 10.2. The van der Waals surface area contributed by atoms with Crippen molar-refractivity contribution in [2.45, 2.75) is 0 Å². The highest BCUT2D eigenvalue weighted by atomic mass is 19.1. The Hall–Kier alpha value is -2.54. The fraction of sp³-hybridized carbons (Fsp3) is 0.214. The first kappa shape index (κ1) is 14.9. The van der Waals surface area contributed by atoms with Crippen LogP contribution >= 0.6 is 0 Å². The lowest BCUT2D eigenvalue weighted by atomic mass is 10.3. The van der Waals surface area contributed by atoms with Crippen molar-refractivity contribution in [3.05, 3.63) is 47.9 Å². The van der Waals surface area contributed by atoms with E-state index in [9.17, 15) is 9.18 Å². The van der Waals surface area contributed by atoms with Crippen molar-refractivity contribution >= 4 is 17.4 Å². The largest absolute Gasteiger partial charge is 0.383 e. The third-order valence-corrected chi connectivity index (χ3v) is 2.59. The van der Waals surface area contributed by atoms with Crippen LogP contribution in [0.4, 0.5) is 15.9 Å². The Balaban J connectivity index is 1.97. The van der Waals surface area contributed by atoms with Crippen LogP contribution in [-0.2, 0) is 4.74 Å². The van der Waals surface area contributed by atoms with Crippen LogP contribution in [0.1, 0.15) is 10.5 Å². The number of nitrogens with one attached hydrogen (secondary N) is 2. The van der Waals surface area contributed by atoms with E-state index in [4.69, 9.17) is 4.74 Å². The van der Waals surface area contributed by atoms with Crippen LogP contribution in [-0.4, -0.2) is 36.4 Å². The number of nitrogens with zero attached hydrogens (tertiary/aromatic N) is 2. The summed E-state index contributed by atoms with van der Waals surface area (Å²) in [5, 5.41) is 13.2. The van der Waals surface area contributed by atoms with Gasteiger partial charge in [-0.2, -0.15) is 0 Å². The number of hydrogen-bond acceptors (Lipinski definition) is 5. The molecule has 7 heteroatoms. The summed E-state index contributed by atoms with van der Waals surface area (Å²) >= 11 is 0. The predicted octanol–water partition coefficient (Wildman–Crippen LogP) is 1.74. The van der Waals surface area contributed by atoms with Gasteiger partial charge in [-0.25, -0.2) is 4.39 Å². The molecule has 6 nitrogen and oxygen atoms in total. The van der Waals surface area contributed by atoms with Gasteiger partial charge >= 0.3 is 0 Å². The molecule has 0 unspecified atom stereocenters. The maximum atomic E-state index is 13.0. The number of methoxy groups -OCH3 is 1. The number of benzene rings is 1. The summed E-state index contributed by atoms with van der Waals surface area (Å²) in [5.41, 5.74) is 0.762. The zero-order chi connectivity index (χ0) is 15.1. The summed E-state index contributed by atoms with van der Waals surface area (Å²) in [7, 11) is 1.55. The molecule has 21 heavy (non-hydrogen) atoms. The smallest absolute Gasteiger partial charge is 0.271 e. The van der Waals surface area contributed by atoms with Crippen LogP contribution in [0.3, 0.4) is 0 Å². The molecule has 0 aliphatic heterocycles. The number of carbonyl (C=O) groups excluding carboxylic acids is 1. The van der Waals surface area contributed by atoms with E-state index in [1.807, 2.05) is 0 Å². The molecule has 0 spiro atoms. The molecule has 0 saturated heterocycles. The van der Waals surface area contributed by atoms with Crippen molar-refractivity contribution in [3.63, 3.8) is 0 Å². The van der Waals surface area contributed by atoms with Gasteiger partial charge in [0.05, 0.1) is 6.61 Å². The highest BCUT2D eigenvalue weighted by Gasteiger charge is 2.07. The fourth-order valence-electron chi connectivity index (χ4n) is 1.59. The number of halogens is 1. The molecule has 1 aromatic heterocycles. The van der Waals surface area contributed by atoms with E-state index in [0.717, 1.165) is 0 Å². The van der Waals surface area contributed by atoms with Crippen molar-refractivity contribution in [2.75, 3.05) is 25.6 Å². The van der Waals surface area contributed by atoms with Gasteiger partial charge in [-0.15, -0.1) is 10.2 Å².